The predicted molar refractivity (Wildman–Crippen MR) is 314 cm³/mol. The van der Waals surface area contributed by atoms with Gasteiger partial charge in [0.05, 0.1) is 58.1 Å². The smallest absolute Gasteiger partial charge is 0.258 e. The molecule has 1 aliphatic rings. The van der Waals surface area contributed by atoms with Crippen LogP contribution in [0.15, 0.2) is 60.8 Å². The number of benzene rings is 2. The maximum atomic E-state index is 15.3. The van der Waals surface area contributed by atoms with Gasteiger partial charge in [0.25, 0.3) is 6.43 Å². The van der Waals surface area contributed by atoms with Gasteiger partial charge in [0, 0.05) is 73.9 Å². The van der Waals surface area contributed by atoms with Crippen LogP contribution < -0.4 is 27.0 Å². The Bertz CT molecular complexity index is 2700. The maximum absolute atomic E-state index is 15.3. The van der Waals surface area contributed by atoms with E-state index in [4.69, 9.17) is 19.9 Å². The molecule has 1 unspecified atom stereocenters. The molecule has 86 heavy (non-hydrogen) atoms. The van der Waals surface area contributed by atoms with Crippen LogP contribution in [0.5, 0.6) is 0 Å². The number of ether oxygens (including phenoxy) is 3. The largest absolute Gasteiger partial charge is 0.387 e. The van der Waals surface area contributed by atoms with Crippen molar-refractivity contribution in [3.05, 3.63) is 83.7 Å². The number of hydrogen-bond acceptors (Lipinski definition) is 12. The lowest BCUT2D eigenvalue weighted by molar-refractivity contribution is -0.143. The molecule has 1 saturated heterocycles. The number of ketones is 1. The molecular formula is C62H90F4N8O12. The third kappa shape index (κ3) is 22.2. The minimum absolute atomic E-state index is 0.0412. The van der Waals surface area contributed by atoms with Gasteiger partial charge in [0.2, 0.25) is 41.4 Å². The number of rotatable bonds is 38. The summed E-state index contributed by atoms with van der Waals surface area (Å²) in [5.41, 5.74) is 5.72. The first-order chi connectivity index (χ1) is 40.7. The van der Waals surface area contributed by atoms with Gasteiger partial charge in [0.1, 0.15) is 42.2 Å². The number of carbonyl (C=O) groups is 8. The maximum Gasteiger partial charge on any atom is 0.258 e. The molecule has 1 aromatic heterocycles. The van der Waals surface area contributed by atoms with Crippen LogP contribution in [-0.2, 0) is 59.1 Å². The molecule has 5 atom stereocenters. The van der Waals surface area contributed by atoms with Crippen LogP contribution in [0.4, 0.5) is 17.6 Å². The van der Waals surface area contributed by atoms with Gasteiger partial charge in [-0.15, -0.1) is 0 Å². The Balaban J connectivity index is 1.31. The highest BCUT2D eigenvalue weighted by Gasteiger charge is 2.42. The third-order valence-electron chi connectivity index (χ3n) is 15.5. The van der Waals surface area contributed by atoms with Crippen LogP contribution in [0.3, 0.4) is 0 Å². The number of Topliss-reactive ketones (excluding diaryl/α,β-unsaturated/α-hetero) is 1. The zero-order valence-corrected chi connectivity index (χ0v) is 51.0. The van der Waals surface area contributed by atoms with Gasteiger partial charge in [-0.3, -0.25) is 38.4 Å². The molecule has 7 amide bonds. The Morgan fingerprint density at radius 1 is 0.814 bits per heavy atom. The molecule has 0 bridgehead atoms. The van der Waals surface area contributed by atoms with Gasteiger partial charge in [-0.1, -0.05) is 85.7 Å². The van der Waals surface area contributed by atoms with Crippen LogP contribution in [0.1, 0.15) is 137 Å². The molecule has 2 heterocycles. The van der Waals surface area contributed by atoms with E-state index in [2.05, 4.69) is 21.3 Å². The number of aliphatic hydroxyl groups excluding tert-OH is 1. The highest BCUT2D eigenvalue weighted by atomic mass is 19.3. The van der Waals surface area contributed by atoms with Crippen molar-refractivity contribution in [1.29, 1.82) is 0 Å². The van der Waals surface area contributed by atoms with E-state index in [1.165, 1.54) is 9.80 Å². The molecule has 1 aliphatic heterocycles. The third-order valence-corrected chi connectivity index (χ3v) is 15.5. The van der Waals surface area contributed by atoms with Gasteiger partial charge < -0.3 is 60.7 Å². The minimum atomic E-state index is -3.19. The Morgan fingerprint density at radius 3 is 2.07 bits per heavy atom. The fourth-order valence-electron chi connectivity index (χ4n) is 10.3. The number of aliphatic hydroxyl groups is 1. The minimum Gasteiger partial charge on any atom is -0.387 e. The number of nitrogens with two attached hydrogens (primary N) is 1. The quantitative estimate of drug-likeness (QED) is 0.0279. The number of carbonyl (C=O) groups excluding carboxylic acids is 8. The fraction of sp³-hybridized carbons (Fsp3) is 0.613. The van der Waals surface area contributed by atoms with Crippen molar-refractivity contribution in [3.8, 4) is 11.1 Å². The van der Waals surface area contributed by atoms with Gasteiger partial charge >= 0.3 is 0 Å². The van der Waals surface area contributed by atoms with Crippen molar-refractivity contribution < 1.29 is 75.2 Å². The highest BCUT2D eigenvalue weighted by Crippen LogP contribution is 2.41. The van der Waals surface area contributed by atoms with Gasteiger partial charge in [-0.05, 0) is 79.7 Å². The number of nitrogens with zero attached hydrogens (tertiary/aromatic N) is 3. The van der Waals surface area contributed by atoms with Crippen molar-refractivity contribution >= 4 is 47.1 Å². The Morgan fingerprint density at radius 2 is 1.47 bits per heavy atom. The van der Waals surface area contributed by atoms with Crippen molar-refractivity contribution in [2.45, 2.75) is 163 Å². The Hall–Kier alpha value is -6.76. The number of amides is 7. The molecule has 20 nitrogen and oxygen atoms in total. The number of aromatic nitrogens is 1. The number of hydrogen-bond donors (Lipinski definition) is 6. The zero-order chi connectivity index (χ0) is 63.7. The van der Waals surface area contributed by atoms with Crippen molar-refractivity contribution in [2.75, 3.05) is 65.9 Å². The average Bonchev–Trinajstić information content (AvgIpc) is 1.85. The Kier molecular flexibility index (Phi) is 29.3. The number of nitrogens with one attached hydrogen (secondary N) is 4. The number of likely N-dealkylation sites (tertiary alicyclic amines) is 1. The molecule has 7 N–H and O–H groups in total. The van der Waals surface area contributed by atoms with Crippen LogP contribution in [0, 0.1) is 28.4 Å². The second kappa shape index (κ2) is 35.1. The van der Waals surface area contributed by atoms with E-state index in [0.29, 0.717) is 31.5 Å². The van der Waals surface area contributed by atoms with E-state index in [1.54, 1.807) is 51.4 Å². The molecule has 24 heteroatoms. The first kappa shape index (κ1) is 71.7. The van der Waals surface area contributed by atoms with Crippen LogP contribution >= 0.6 is 0 Å². The summed E-state index contributed by atoms with van der Waals surface area (Å²) in [5, 5.41) is 20.6. The SMILES string of the molecule is CCC(C)(CC)C(=O)CCCC(=O)NCCOCCOCCOCCC(=O)N[C@@H](CC(N)=O)C(=O)N1CCC[C@H]1C(=O)N[C@H](C(=O)NC(CCN(C(=O)CO)[C@@H](c1cc(-c2cc(F)ccc2F)cn1Cc1ccccc1)C(C)(C)C)C(F)F)C(C)C. The molecule has 0 spiro atoms. The summed E-state index contributed by atoms with van der Waals surface area (Å²) in [7, 11) is 0. The molecule has 0 aliphatic carbocycles. The lowest BCUT2D eigenvalue weighted by Gasteiger charge is -2.41. The summed E-state index contributed by atoms with van der Waals surface area (Å²) in [4.78, 5) is 108. The van der Waals surface area contributed by atoms with Crippen LogP contribution in [0.2, 0.25) is 0 Å². The van der Waals surface area contributed by atoms with Gasteiger partial charge in [-0.2, -0.15) is 0 Å². The Labute approximate surface area is 502 Å². The van der Waals surface area contributed by atoms with E-state index >= 15 is 13.2 Å². The summed E-state index contributed by atoms with van der Waals surface area (Å²) >= 11 is 0. The standard InChI is InChI=1S/C62H90F4N8O12/c1-9-62(8,10-2)50(76)19-14-20-52(78)68-25-29-85-31-33-86-32-30-84-28-24-53(79)69-47(36-51(67)77)60(83)73-26-15-18-48(73)58(81)71-55(40(3)4)59(82)70-46(57(65)66)23-27-74(54(80)39-75)56(61(5,6)7)49-34-42(44-35-43(63)21-22-45(44)64)38-72(49)37-41-16-12-11-13-17-41/h11-13,16-17,21-22,34-35,38,40,46-48,55-57,75H,9-10,14-15,18-20,23-33,36-37,39H2,1-8H3,(H2,67,77)(H,68,78)(H,69,79)(H,70,82)(H,71,81)/t46?,47-,48-,55-,56-/m0/s1. The molecule has 4 rings (SSSR count). The predicted octanol–water partition coefficient (Wildman–Crippen LogP) is 6.14. The van der Waals surface area contributed by atoms with E-state index in [1.807, 2.05) is 51.1 Å². The topological polar surface area (TPSA) is 270 Å². The fourth-order valence-corrected chi connectivity index (χ4v) is 10.3. The van der Waals surface area contributed by atoms with E-state index in [0.717, 1.165) is 36.6 Å². The average molecular weight is 1220 g/mol. The number of primary amides is 1. The monoisotopic (exact) mass is 1210 g/mol. The lowest BCUT2D eigenvalue weighted by atomic mass is 9.78. The number of halogens is 4. The summed E-state index contributed by atoms with van der Waals surface area (Å²) in [5.74, 6) is -7.00. The van der Waals surface area contributed by atoms with Crippen LogP contribution in [-0.4, -0.2) is 163 Å². The molecular weight excluding hydrogens is 1120 g/mol. The van der Waals surface area contributed by atoms with Crippen molar-refractivity contribution in [2.24, 2.45) is 22.5 Å². The summed E-state index contributed by atoms with van der Waals surface area (Å²) in [6.45, 7) is 14.6. The van der Waals surface area contributed by atoms with E-state index < -0.39 is 121 Å². The lowest BCUT2D eigenvalue weighted by Crippen LogP contribution is -2.59. The second-order valence-corrected chi connectivity index (χ2v) is 23.3. The van der Waals surface area contributed by atoms with Gasteiger partial charge in [-0.25, -0.2) is 17.6 Å². The van der Waals surface area contributed by atoms with E-state index in [9.17, 15) is 47.9 Å². The molecule has 0 saturated carbocycles. The number of alkyl halides is 2. The van der Waals surface area contributed by atoms with Crippen LogP contribution in [0.25, 0.3) is 11.1 Å². The zero-order valence-electron chi connectivity index (χ0n) is 51.0. The molecule has 0 radical (unpaired) electrons. The molecule has 3 aromatic rings. The molecule has 478 valence electrons. The second-order valence-electron chi connectivity index (χ2n) is 23.3. The summed E-state index contributed by atoms with van der Waals surface area (Å²) in [6, 6.07) is 6.89. The normalized spacial score (nSPS) is 15.0. The van der Waals surface area contributed by atoms with Gasteiger partial charge in [0.15, 0.2) is 0 Å². The molecule has 1 fully saturated rings. The molecule has 2 aromatic carbocycles. The first-order valence-electron chi connectivity index (χ1n) is 29.6. The highest BCUT2D eigenvalue weighted by molar-refractivity contribution is 5.96. The summed E-state index contributed by atoms with van der Waals surface area (Å²) in [6.07, 6.45) is 0.170. The van der Waals surface area contributed by atoms with E-state index in [-0.39, 0.29) is 100 Å². The van der Waals surface area contributed by atoms with Crippen molar-refractivity contribution in [3.63, 3.8) is 0 Å². The first-order valence-corrected chi connectivity index (χ1v) is 29.6. The van der Waals surface area contributed by atoms with Crippen molar-refractivity contribution in [1.82, 2.24) is 35.6 Å². The summed E-state index contributed by atoms with van der Waals surface area (Å²) < 4.78 is 78.2.